The molecule has 7 nitrogen and oxygen atoms in total. The highest BCUT2D eigenvalue weighted by molar-refractivity contribution is 5.93. The van der Waals surface area contributed by atoms with E-state index in [-0.39, 0.29) is 23.7 Å². The number of carbonyl (C=O) groups is 1. The summed E-state index contributed by atoms with van der Waals surface area (Å²) < 4.78 is 0. The van der Waals surface area contributed by atoms with Crippen molar-refractivity contribution in [1.29, 1.82) is 0 Å². The Hall–Kier alpha value is -1.70. The Morgan fingerprint density at radius 2 is 2.29 bits per heavy atom. The number of nitrogens with zero attached hydrogens (tertiary/aromatic N) is 2. The Kier molecular flexibility index (Phi) is 6.07. The van der Waals surface area contributed by atoms with Gasteiger partial charge in [-0.15, -0.1) is 12.4 Å². The van der Waals surface area contributed by atoms with Crippen molar-refractivity contribution in [1.82, 2.24) is 10.2 Å². The number of halogens is 1. The maximum Gasteiger partial charge on any atom is 0.274 e. The summed E-state index contributed by atoms with van der Waals surface area (Å²) in [4.78, 5) is 24.0. The van der Waals surface area contributed by atoms with Crippen LogP contribution in [0.1, 0.15) is 22.8 Å². The zero-order chi connectivity index (χ0) is 14.7. The van der Waals surface area contributed by atoms with Crippen LogP contribution in [0.25, 0.3) is 0 Å². The van der Waals surface area contributed by atoms with Gasteiger partial charge in [-0.25, -0.2) is 0 Å². The lowest BCUT2D eigenvalue weighted by Gasteiger charge is -2.33. The third-order valence-electron chi connectivity index (χ3n) is 3.58. The van der Waals surface area contributed by atoms with Gasteiger partial charge in [0.1, 0.15) is 0 Å². The van der Waals surface area contributed by atoms with Crippen LogP contribution in [0, 0.1) is 10.1 Å². The van der Waals surface area contributed by atoms with Gasteiger partial charge in [0.25, 0.3) is 5.69 Å². The van der Waals surface area contributed by atoms with E-state index in [0.29, 0.717) is 18.2 Å². The lowest BCUT2D eigenvalue weighted by Crippen LogP contribution is -2.49. The first-order chi connectivity index (χ1) is 9.49. The van der Waals surface area contributed by atoms with Crippen LogP contribution in [0.2, 0.25) is 0 Å². The number of nitrogens with one attached hydrogen (secondary N) is 1. The number of primary amides is 1. The van der Waals surface area contributed by atoms with Crippen LogP contribution in [0.5, 0.6) is 0 Å². The molecule has 8 heteroatoms. The quantitative estimate of drug-likeness (QED) is 0.635. The van der Waals surface area contributed by atoms with Gasteiger partial charge >= 0.3 is 0 Å². The van der Waals surface area contributed by atoms with Crippen LogP contribution >= 0.6 is 12.4 Å². The van der Waals surface area contributed by atoms with E-state index in [0.717, 1.165) is 19.6 Å². The molecule has 21 heavy (non-hydrogen) atoms. The molecule has 0 saturated carbocycles. The fourth-order valence-electron chi connectivity index (χ4n) is 2.36. The second kappa shape index (κ2) is 7.35. The fraction of sp³-hybridized carbons (Fsp3) is 0.462. The zero-order valence-corrected chi connectivity index (χ0v) is 12.6. The number of nitrogens with two attached hydrogens (primary N) is 1. The van der Waals surface area contributed by atoms with Gasteiger partial charge in [0, 0.05) is 49.4 Å². The van der Waals surface area contributed by atoms with Crippen LogP contribution in [0.15, 0.2) is 18.2 Å². The number of hydrogen-bond donors (Lipinski definition) is 2. The topological polar surface area (TPSA) is 102 Å². The van der Waals surface area contributed by atoms with E-state index in [2.05, 4.69) is 17.1 Å². The van der Waals surface area contributed by atoms with Crippen LogP contribution in [-0.2, 0) is 6.54 Å². The molecule has 116 valence electrons. The molecule has 1 aromatic carbocycles. The second-order valence-corrected chi connectivity index (χ2v) is 4.99. The zero-order valence-electron chi connectivity index (χ0n) is 11.7. The van der Waals surface area contributed by atoms with Gasteiger partial charge in [0.15, 0.2) is 0 Å². The van der Waals surface area contributed by atoms with Crippen molar-refractivity contribution in [2.24, 2.45) is 5.73 Å². The minimum absolute atomic E-state index is 0. The van der Waals surface area contributed by atoms with Crippen molar-refractivity contribution in [3.63, 3.8) is 0 Å². The SMILES string of the molecule is C[C@H]1CNCCN1Cc1ccc(C(N)=O)cc1[N+](=O)[O-].Cl. The molecular weight excluding hydrogens is 296 g/mol. The number of piperazine rings is 1. The largest absolute Gasteiger partial charge is 0.366 e. The van der Waals surface area contributed by atoms with Crippen LogP contribution < -0.4 is 11.1 Å². The molecule has 1 heterocycles. The molecule has 0 unspecified atom stereocenters. The summed E-state index contributed by atoms with van der Waals surface area (Å²) >= 11 is 0. The highest BCUT2D eigenvalue weighted by Crippen LogP contribution is 2.23. The third kappa shape index (κ3) is 4.13. The number of rotatable bonds is 4. The average molecular weight is 315 g/mol. The molecule has 1 amide bonds. The summed E-state index contributed by atoms with van der Waals surface area (Å²) in [5.41, 5.74) is 5.88. The Morgan fingerprint density at radius 1 is 1.57 bits per heavy atom. The Morgan fingerprint density at radius 3 is 2.86 bits per heavy atom. The number of benzene rings is 1. The summed E-state index contributed by atoms with van der Waals surface area (Å²) in [5, 5.41) is 14.4. The molecule has 1 aliphatic rings. The van der Waals surface area contributed by atoms with Gasteiger partial charge in [-0.2, -0.15) is 0 Å². The monoisotopic (exact) mass is 314 g/mol. The van der Waals surface area contributed by atoms with Crippen molar-refractivity contribution < 1.29 is 9.72 Å². The molecule has 2 rings (SSSR count). The van der Waals surface area contributed by atoms with E-state index >= 15 is 0 Å². The molecule has 0 aliphatic carbocycles. The maximum absolute atomic E-state index is 11.1. The predicted molar refractivity (Wildman–Crippen MR) is 81.6 cm³/mol. The van der Waals surface area contributed by atoms with Crippen molar-refractivity contribution in [2.45, 2.75) is 19.5 Å². The molecule has 1 atom stereocenters. The van der Waals surface area contributed by atoms with E-state index < -0.39 is 10.8 Å². The van der Waals surface area contributed by atoms with E-state index in [1.54, 1.807) is 6.07 Å². The fourth-order valence-corrected chi connectivity index (χ4v) is 2.36. The molecular formula is C13H19ClN4O3. The number of nitro groups is 1. The Labute approximate surface area is 129 Å². The first-order valence-corrected chi connectivity index (χ1v) is 6.51. The van der Waals surface area contributed by atoms with Crippen molar-refractivity contribution in [3.8, 4) is 0 Å². The van der Waals surface area contributed by atoms with Gasteiger partial charge in [-0.05, 0) is 13.0 Å². The van der Waals surface area contributed by atoms with Gasteiger partial charge in [-0.1, -0.05) is 6.07 Å². The molecule has 0 spiro atoms. The molecule has 0 radical (unpaired) electrons. The molecule has 1 aliphatic heterocycles. The maximum atomic E-state index is 11.1. The lowest BCUT2D eigenvalue weighted by molar-refractivity contribution is -0.385. The summed E-state index contributed by atoms with van der Waals surface area (Å²) in [6.07, 6.45) is 0. The number of carbonyl (C=O) groups excluding carboxylic acids is 1. The Balaban J connectivity index is 0.00000220. The summed E-state index contributed by atoms with van der Waals surface area (Å²) in [7, 11) is 0. The van der Waals surface area contributed by atoms with Crippen molar-refractivity contribution >= 4 is 24.0 Å². The molecule has 3 N–H and O–H groups in total. The summed E-state index contributed by atoms with van der Waals surface area (Å²) in [5.74, 6) is -0.657. The van der Waals surface area contributed by atoms with Crippen molar-refractivity contribution in [3.05, 3.63) is 39.4 Å². The van der Waals surface area contributed by atoms with Gasteiger partial charge < -0.3 is 11.1 Å². The highest BCUT2D eigenvalue weighted by Gasteiger charge is 2.23. The van der Waals surface area contributed by atoms with E-state index in [9.17, 15) is 14.9 Å². The van der Waals surface area contributed by atoms with Crippen molar-refractivity contribution in [2.75, 3.05) is 19.6 Å². The first-order valence-electron chi connectivity index (χ1n) is 6.51. The molecule has 1 aromatic rings. The molecule has 0 aromatic heterocycles. The van der Waals surface area contributed by atoms with Gasteiger partial charge in [0.05, 0.1) is 4.92 Å². The predicted octanol–water partition coefficient (Wildman–Crippen LogP) is 0.909. The number of hydrogen-bond acceptors (Lipinski definition) is 5. The highest BCUT2D eigenvalue weighted by atomic mass is 35.5. The van der Waals surface area contributed by atoms with Crippen LogP contribution in [-0.4, -0.2) is 41.4 Å². The lowest BCUT2D eigenvalue weighted by atomic mass is 10.1. The normalized spacial score (nSPS) is 18.8. The average Bonchev–Trinajstić information content (AvgIpc) is 2.41. The van der Waals surface area contributed by atoms with Gasteiger partial charge in [-0.3, -0.25) is 19.8 Å². The van der Waals surface area contributed by atoms with Gasteiger partial charge in [0.2, 0.25) is 5.91 Å². The summed E-state index contributed by atoms with van der Waals surface area (Å²) in [6, 6.07) is 4.73. The number of amides is 1. The smallest absolute Gasteiger partial charge is 0.274 e. The van der Waals surface area contributed by atoms with E-state index in [1.807, 2.05) is 0 Å². The summed E-state index contributed by atoms with van der Waals surface area (Å²) in [6.45, 7) is 5.16. The molecule has 1 saturated heterocycles. The standard InChI is InChI=1S/C13H18N4O3.ClH/c1-9-7-15-4-5-16(9)8-11-3-2-10(13(14)18)6-12(11)17(19)20;/h2-3,6,9,15H,4-5,7-8H2,1H3,(H2,14,18);1H/t9-;/m0./s1. The van der Waals surface area contributed by atoms with E-state index in [1.165, 1.54) is 12.1 Å². The van der Waals surface area contributed by atoms with Crippen LogP contribution in [0.3, 0.4) is 0 Å². The minimum Gasteiger partial charge on any atom is -0.366 e. The van der Waals surface area contributed by atoms with Crippen LogP contribution in [0.4, 0.5) is 5.69 Å². The molecule has 1 fully saturated rings. The third-order valence-corrected chi connectivity index (χ3v) is 3.58. The number of nitro benzene ring substituents is 1. The first kappa shape index (κ1) is 17.4. The molecule has 0 bridgehead atoms. The Bertz CT molecular complexity index is 538. The second-order valence-electron chi connectivity index (χ2n) is 4.99. The van der Waals surface area contributed by atoms with E-state index in [4.69, 9.17) is 5.73 Å². The minimum atomic E-state index is -0.657.